The molecule has 1 saturated carbocycles. The van der Waals surface area contributed by atoms with Gasteiger partial charge in [0.25, 0.3) is 0 Å². The minimum absolute atomic E-state index is 0.0320. The zero-order chi connectivity index (χ0) is 21.5. The van der Waals surface area contributed by atoms with Gasteiger partial charge < -0.3 is 14.6 Å². The number of aromatic nitrogens is 2. The first kappa shape index (κ1) is 20.7. The summed E-state index contributed by atoms with van der Waals surface area (Å²) in [6, 6.07) is 12.1. The number of methoxy groups -OCH3 is 2. The Hall–Kier alpha value is -2.15. The van der Waals surface area contributed by atoms with E-state index < -0.39 is 0 Å². The molecule has 2 aliphatic rings. The second-order valence-electron chi connectivity index (χ2n) is 7.95. The first-order valence-electron chi connectivity index (χ1n) is 10.5. The molecule has 2 atom stereocenters. The van der Waals surface area contributed by atoms with E-state index in [4.69, 9.17) is 26.1 Å². The molecular formula is C24H25ClN2O3S. The Balaban J connectivity index is 1.76. The van der Waals surface area contributed by atoms with Gasteiger partial charge in [-0.15, -0.1) is 11.8 Å². The van der Waals surface area contributed by atoms with E-state index in [-0.39, 0.29) is 17.1 Å². The van der Waals surface area contributed by atoms with Crippen molar-refractivity contribution in [1.82, 2.24) is 9.55 Å². The van der Waals surface area contributed by atoms with Gasteiger partial charge in [0.05, 0.1) is 30.4 Å². The van der Waals surface area contributed by atoms with Gasteiger partial charge in [-0.2, -0.15) is 0 Å². The highest BCUT2D eigenvalue weighted by Gasteiger charge is 2.37. The highest BCUT2D eigenvalue weighted by atomic mass is 35.5. The van der Waals surface area contributed by atoms with Crippen molar-refractivity contribution in [2.45, 2.75) is 35.7 Å². The summed E-state index contributed by atoms with van der Waals surface area (Å²) >= 11 is 8.28. The van der Waals surface area contributed by atoms with Crippen LogP contribution in [0.2, 0.25) is 5.02 Å². The molecule has 1 aliphatic heterocycles. The van der Waals surface area contributed by atoms with Crippen LogP contribution >= 0.6 is 23.4 Å². The van der Waals surface area contributed by atoms with Gasteiger partial charge in [0.2, 0.25) is 0 Å². The highest BCUT2D eigenvalue weighted by molar-refractivity contribution is 8.00. The van der Waals surface area contributed by atoms with Gasteiger partial charge in [0.15, 0.2) is 11.5 Å². The van der Waals surface area contributed by atoms with Gasteiger partial charge in [0, 0.05) is 35.0 Å². The van der Waals surface area contributed by atoms with Crippen molar-refractivity contribution in [3.63, 3.8) is 0 Å². The van der Waals surface area contributed by atoms with E-state index in [1.807, 2.05) is 24.4 Å². The maximum absolute atomic E-state index is 9.85. The third kappa shape index (κ3) is 3.60. The maximum Gasteiger partial charge on any atom is 0.165 e. The molecule has 1 N–H and O–H groups in total. The molecule has 0 bridgehead atoms. The van der Waals surface area contributed by atoms with Crippen molar-refractivity contribution in [3.8, 4) is 17.2 Å². The van der Waals surface area contributed by atoms with E-state index in [0.717, 1.165) is 28.4 Å². The number of thioether (sulfide) groups is 1. The number of halogens is 1. The minimum Gasteiger partial charge on any atom is -0.493 e. The fourth-order valence-corrected chi connectivity index (χ4v) is 6.15. The summed E-state index contributed by atoms with van der Waals surface area (Å²) < 4.78 is 13.7. The number of rotatable bonds is 6. The number of hydrogen-bond acceptors (Lipinski definition) is 5. The predicted molar refractivity (Wildman–Crippen MR) is 124 cm³/mol. The Morgan fingerprint density at radius 3 is 2.71 bits per heavy atom. The zero-order valence-corrected chi connectivity index (χ0v) is 19.1. The van der Waals surface area contributed by atoms with Gasteiger partial charge in [0.1, 0.15) is 5.82 Å². The number of aliphatic hydroxyl groups excluding tert-OH is 1. The molecule has 3 aromatic rings. The second-order valence-corrected chi connectivity index (χ2v) is 9.70. The van der Waals surface area contributed by atoms with Crippen LogP contribution in [0.5, 0.6) is 11.5 Å². The van der Waals surface area contributed by atoms with E-state index in [2.05, 4.69) is 22.8 Å². The van der Waals surface area contributed by atoms with Gasteiger partial charge in [-0.3, -0.25) is 4.57 Å². The molecule has 31 heavy (non-hydrogen) atoms. The van der Waals surface area contributed by atoms with Gasteiger partial charge >= 0.3 is 0 Å². The van der Waals surface area contributed by atoms with Crippen LogP contribution in [0.15, 0.2) is 42.6 Å². The van der Waals surface area contributed by atoms with Crippen molar-refractivity contribution in [3.05, 3.63) is 70.3 Å². The lowest BCUT2D eigenvalue weighted by Crippen LogP contribution is -2.08. The lowest BCUT2D eigenvalue weighted by atomic mass is 10.0. The zero-order valence-electron chi connectivity index (χ0n) is 17.5. The van der Waals surface area contributed by atoms with Crippen LogP contribution in [0.3, 0.4) is 0 Å². The number of para-hydroxylation sites is 1. The number of aliphatic hydroxyl groups is 1. The largest absolute Gasteiger partial charge is 0.493 e. The number of ether oxygens (including phenoxy) is 2. The topological polar surface area (TPSA) is 56.5 Å². The number of benzene rings is 2. The molecule has 0 spiro atoms. The van der Waals surface area contributed by atoms with Gasteiger partial charge in [-0.1, -0.05) is 23.7 Å². The standard InChI is InChI=1S/C24H25ClN2O3S/c1-29-20-5-3-4-16(22(20)30-2)23-17-12-15(25)8-9-18(17)27-19(14-6-7-14)13-26-24(27)21(31-23)10-11-28/h3-5,8-9,12-14,21,23,28H,6-7,10-11H2,1-2H3/t21-,23-/m1/s1. The summed E-state index contributed by atoms with van der Waals surface area (Å²) in [5.74, 6) is 2.96. The summed E-state index contributed by atoms with van der Waals surface area (Å²) in [7, 11) is 3.32. The molecule has 0 saturated heterocycles. The molecule has 0 radical (unpaired) electrons. The maximum atomic E-state index is 9.85. The SMILES string of the molecule is COc1cccc([C@H]2S[C@H](CCO)c3ncc(C4CC4)n3-c3ccc(Cl)cc32)c1OC. The molecule has 2 aromatic carbocycles. The van der Waals surface area contributed by atoms with Crippen molar-refractivity contribution in [2.24, 2.45) is 0 Å². The van der Waals surface area contributed by atoms with Crippen molar-refractivity contribution >= 4 is 23.4 Å². The summed E-state index contributed by atoms with van der Waals surface area (Å²) in [5, 5.41) is 10.5. The Morgan fingerprint density at radius 1 is 1.16 bits per heavy atom. The molecule has 5 nitrogen and oxygen atoms in total. The molecule has 2 heterocycles. The Kier molecular flexibility index (Phi) is 5.63. The number of imidazole rings is 1. The third-order valence-corrected chi connectivity index (χ3v) is 7.81. The average Bonchev–Trinajstić information content (AvgIpc) is 3.56. The van der Waals surface area contributed by atoms with Gasteiger partial charge in [-0.25, -0.2) is 4.98 Å². The van der Waals surface area contributed by atoms with Crippen LogP contribution in [0.25, 0.3) is 5.69 Å². The molecular weight excluding hydrogens is 432 g/mol. The summed E-state index contributed by atoms with van der Waals surface area (Å²) in [4.78, 5) is 4.85. The second kappa shape index (κ2) is 8.41. The monoisotopic (exact) mass is 456 g/mol. The Morgan fingerprint density at radius 2 is 2.00 bits per heavy atom. The van der Waals surface area contributed by atoms with E-state index in [1.165, 1.54) is 18.5 Å². The van der Waals surface area contributed by atoms with Crippen molar-refractivity contribution < 1.29 is 14.6 Å². The van der Waals surface area contributed by atoms with E-state index in [9.17, 15) is 5.11 Å². The van der Waals surface area contributed by atoms with Crippen LogP contribution in [0.4, 0.5) is 0 Å². The van der Waals surface area contributed by atoms with Gasteiger partial charge in [-0.05, 0) is 49.1 Å². The van der Waals surface area contributed by atoms with Crippen LogP contribution in [-0.4, -0.2) is 35.5 Å². The van der Waals surface area contributed by atoms with Crippen LogP contribution in [0, 0.1) is 0 Å². The molecule has 5 rings (SSSR count). The van der Waals surface area contributed by atoms with E-state index >= 15 is 0 Å². The molecule has 1 aromatic heterocycles. The Bertz CT molecular complexity index is 1110. The molecule has 7 heteroatoms. The third-order valence-electron chi connectivity index (χ3n) is 6.02. The van der Waals surface area contributed by atoms with Crippen LogP contribution in [0.1, 0.15) is 58.3 Å². The average molecular weight is 457 g/mol. The first-order chi connectivity index (χ1) is 15.2. The lowest BCUT2D eigenvalue weighted by Gasteiger charge is -2.23. The lowest BCUT2D eigenvalue weighted by molar-refractivity contribution is 0.286. The summed E-state index contributed by atoms with van der Waals surface area (Å²) in [6.45, 7) is 0.0996. The van der Waals surface area contributed by atoms with Crippen molar-refractivity contribution in [2.75, 3.05) is 20.8 Å². The minimum atomic E-state index is -0.0518. The van der Waals surface area contributed by atoms with E-state index in [1.54, 1.807) is 26.0 Å². The molecule has 162 valence electrons. The number of nitrogens with zero attached hydrogens (tertiary/aromatic N) is 2. The molecule has 1 aliphatic carbocycles. The first-order valence-corrected chi connectivity index (χ1v) is 11.8. The summed E-state index contributed by atoms with van der Waals surface area (Å²) in [6.07, 6.45) is 5.02. The number of fused-ring (bicyclic) bond motifs is 3. The summed E-state index contributed by atoms with van der Waals surface area (Å²) in [5.41, 5.74) is 4.49. The van der Waals surface area contributed by atoms with Crippen molar-refractivity contribution in [1.29, 1.82) is 0 Å². The normalized spacial score (nSPS) is 20.0. The smallest absolute Gasteiger partial charge is 0.165 e. The fourth-order valence-electron chi connectivity index (χ4n) is 4.45. The predicted octanol–water partition coefficient (Wildman–Crippen LogP) is 5.68. The quantitative estimate of drug-likeness (QED) is 0.517. The van der Waals surface area contributed by atoms with Crippen LogP contribution < -0.4 is 9.47 Å². The fraction of sp³-hybridized carbons (Fsp3) is 0.375. The highest BCUT2D eigenvalue weighted by Crippen LogP contribution is 2.55. The Labute approximate surface area is 191 Å². The van der Waals surface area contributed by atoms with Crippen LogP contribution in [-0.2, 0) is 0 Å². The molecule has 1 fully saturated rings. The number of hydrogen-bond donors (Lipinski definition) is 1. The molecule has 0 unspecified atom stereocenters. The molecule has 0 amide bonds. The van der Waals surface area contributed by atoms with E-state index in [0.29, 0.717) is 23.1 Å².